The summed E-state index contributed by atoms with van der Waals surface area (Å²) in [6, 6.07) is 9.98. The third-order valence-electron chi connectivity index (χ3n) is 6.52. The van der Waals surface area contributed by atoms with Gasteiger partial charge in [-0.3, -0.25) is 14.5 Å². The van der Waals surface area contributed by atoms with Crippen LogP contribution in [-0.4, -0.2) is 47.3 Å². The molecule has 2 amide bonds. The third-order valence-corrected chi connectivity index (χ3v) is 6.52. The number of benzene rings is 2. The normalized spacial score (nSPS) is 27.7. The number of hydrogen-bond donors (Lipinski definition) is 0. The van der Waals surface area contributed by atoms with E-state index >= 15 is 0 Å². The molecule has 0 radical (unpaired) electrons. The van der Waals surface area contributed by atoms with Crippen molar-refractivity contribution >= 4 is 22.6 Å². The van der Waals surface area contributed by atoms with Gasteiger partial charge in [0.25, 0.3) is 11.8 Å². The Morgan fingerprint density at radius 2 is 1.73 bits per heavy atom. The van der Waals surface area contributed by atoms with Gasteiger partial charge < -0.3 is 4.90 Å². The number of rotatable bonds is 2. The molecule has 1 atom stereocenters. The van der Waals surface area contributed by atoms with E-state index < -0.39 is 0 Å². The molecule has 4 aliphatic heterocycles. The molecule has 4 heterocycles. The number of carbonyl (C=O) groups excluding carboxylic acids is 2. The molecule has 4 nitrogen and oxygen atoms in total. The molecule has 134 valence electrons. The summed E-state index contributed by atoms with van der Waals surface area (Å²) in [5.41, 5.74) is 2.54. The Balaban J connectivity index is 1.67. The Kier molecular flexibility index (Phi) is 3.48. The van der Waals surface area contributed by atoms with Crippen LogP contribution >= 0.6 is 0 Å². The monoisotopic (exact) mass is 348 g/mol. The molecular formula is C22H24N2O2. The molecular weight excluding hydrogens is 324 g/mol. The molecule has 4 aliphatic rings. The summed E-state index contributed by atoms with van der Waals surface area (Å²) >= 11 is 0. The van der Waals surface area contributed by atoms with Crippen LogP contribution in [-0.2, 0) is 0 Å². The summed E-state index contributed by atoms with van der Waals surface area (Å²) in [6.45, 7) is 7.31. The van der Waals surface area contributed by atoms with E-state index in [1.807, 2.05) is 24.3 Å². The second-order valence-corrected chi connectivity index (χ2v) is 8.31. The van der Waals surface area contributed by atoms with Crippen molar-refractivity contribution in [3.05, 3.63) is 47.0 Å². The smallest absolute Gasteiger partial charge is 0.261 e. The van der Waals surface area contributed by atoms with Gasteiger partial charge in [0.2, 0.25) is 0 Å². The van der Waals surface area contributed by atoms with Gasteiger partial charge in [0.1, 0.15) is 0 Å². The van der Waals surface area contributed by atoms with E-state index in [-0.39, 0.29) is 17.9 Å². The highest BCUT2D eigenvalue weighted by Crippen LogP contribution is 2.38. The first-order valence-electron chi connectivity index (χ1n) is 9.71. The maximum atomic E-state index is 13.5. The van der Waals surface area contributed by atoms with Crippen LogP contribution in [0.25, 0.3) is 10.8 Å². The van der Waals surface area contributed by atoms with Gasteiger partial charge in [0.05, 0.1) is 6.04 Å². The minimum Gasteiger partial charge on any atom is -0.301 e. The molecule has 0 unspecified atom stereocenters. The average molecular weight is 348 g/mol. The van der Waals surface area contributed by atoms with Gasteiger partial charge in [-0.25, -0.2) is 0 Å². The fourth-order valence-electron chi connectivity index (χ4n) is 5.01. The van der Waals surface area contributed by atoms with E-state index in [0.29, 0.717) is 23.0 Å². The van der Waals surface area contributed by atoms with Gasteiger partial charge in [0, 0.05) is 23.1 Å². The topological polar surface area (TPSA) is 40.6 Å². The van der Waals surface area contributed by atoms with E-state index in [9.17, 15) is 9.59 Å². The molecule has 3 fully saturated rings. The highest BCUT2D eigenvalue weighted by molar-refractivity contribution is 6.25. The van der Waals surface area contributed by atoms with Gasteiger partial charge in [-0.2, -0.15) is 0 Å². The van der Waals surface area contributed by atoms with E-state index in [1.54, 1.807) is 4.90 Å². The molecule has 2 bridgehead atoms. The first kappa shape index (κ1) is 16.0. The van der Waals surface area contributed by atoms with Crippen molar-refractivity contribution in [1.29, 1.82) is 0 Å². The van der Waals surface area contributed by atoms with Crippen molar-refractivity contribution in [1.82, 2.24) is 9.80 Å². The number of nitrogens with zero attached hydrogens (tertiary/aromatic N) is 2. The van der Waals surface area contributed by atoms with Crippen molar-refractivity contribution in [2.45, 2.75) is 38.6 Å². The summed E-state index contributed by atoms with van der Waals surface area (Å²) in [4.78, 5) is 30.7. The van der Waals surface area contributed by atoms with E-state index in [1.165, 1.54) is 0 Å². The summed E-state index contributed by atoms with van der Waals surface area (Å²) in [6.07, 6.45) is 2.18. The Bertz CT molecular complexity index is 925. The summed E-state index contributed by atoms with van der Waals surface area (Å²) < 4.78 is 0. The molecule has 6 rings (SSSR count). The first-order valence-corrected chi connectivity index (χ1v) is 9.71. The van der Waals surface area contributed by atoms with Crippen LogP contribution in [0.2, 0.25) is 0 Å². The Labute approximate surface area is 153 Å². The fourth-order valence-corrected chi connectivity index (χ4v) is 5.01. The van der Waals surface area contributed by atoms with Crippen molar-refractivity contribution in [2.24, 2.45) is 5.92 Å². The van der Waals surface area contributed by atoms with Crippen LogP contribution < -0.4 is 0 Å². The number of carbonyl (C=O) groups is 2. The zero-order valence-electron chi connectivity index (χ0n) is 15.4. The van der Waals surface area contributed by atoms with Gasteiger partial charge in [-0.15, -0.1) is 0 Å². The van der Waals surface area contributed by atoms with Crippen molar-refractivity contribution < 1.29 is 9.59 Å². The first-order chi connectivity index (χ1) is 12.5. The number of amides is 2. The molecule has 0 spiro atoms. The lowest BCUT2D eigenvalue weighted by Gasteiger charge is -2.49. The molecule has 2 aromatic carbocycles. The van der Waals surface area contributed by atoms with Crippen LogP contribution in [0.15, 0.2) is 30.3 Å². The second kappa shape index (κ2) is 5.65. The summed E-state index contributed by atoms with van der Waals surface area (Å²) in [7, 11) is 0. The Morgan fingerprint density at radius 3 is 2.38 bits per heavy atom. The molecule has 4 heteroatoms. The van der Waals surface area contributed by atoms with Crippen molar-refractivity contribution in [2.75, 3.05) is 19.6 Å². The Morgan fingerprint density at radius 1 is 1.00 bits per heavy atom. The molecule has 0 saturated carbocycles. The lowest BCUT2D eigenvalue weighted by Crippen LogP contribution is -2.60. The summed E-state index contributed by atoms with van der Waals surface area (Å²) in [5.74, 6) is 0.584. The minimum absolute atomic E-state index is 0.0172. The molecule has 0 aliphatic carbocycles. The fraction of sp³-hybridized carbons (Fsp3) is 0.455. The van der Waals surface area contributed by atoms with E-state index in [2.05, 4.69) is 24.8 Å². The van der Waals surface area contributed by atoms with Gasteiger partial charge in [0.15, 0.2) is 0 Å². The van der Waals surface area contributed by atoms with E-state index in [0.717, 1.165) is 48.8 Å². The number of piperidine rings is 3. The van der Waals surface area contributed by atoms with Crippen molar-refractivity contribution in [3.63, 3.8) is 0 Å². The molecule has 26 heavy (non-hydrogen) atoms. The SMILES string of the molecule is CC(C)c1cc2c3c(cccc3c1)C(=O)N([C@@H]1CN3CCC1CC3)C2=O. The number of hydrogen-bond acceptors (Lipinski definition) is 3. The molecule has 2 aromatic rings. The lowest BCUT2D eigenvalue weighted by atomic mass is 9.81. The zero-order valence-corrected chi connectivity index (χ0v) is 15.4. The van der Waals surface area contributed by atoms with Gasteiger partial charge in [-0.05, 0) is 60.8 Å². The molecule has 0 aromatic heterocycles. The second-order valence-electron chi connectivity index (χ2n) is 8.31. The van der Waals surface area contributed by atoms with Crippen LogP contribution in [0, 0.1) is 5.92 Å². The van der Waals surface area contributed by atoms with E-state index in [4.69, 9.17) is 0 Å². The standard InChI is InChI=1S/C22H24N2O2/c1-13(2)16-10-15-4-3-5-17-20(15)18(11-16)22(26)24(21(17)25)19-12-23-8-6-14(19)7-9-23/h3-5,10-11,13-14,19H,6-9,12H2,1-2H3/t19-/m1/s1. The largest absolute Gasteiger partial charge is 0.301 e. The Hall–Kier alpha value is -2.20. The van der Waals surface area contributed by atoms with Gasteiger partial charge >= 0.3 is 0 Å². The lowest BCUT2D eigenvalue weighted by molar-refractivity contribution is 0.00881. The summed E-state index contributed by atoms with van der Waals surface area (Å²) in [5, 5.41) is 1.84. The third kappa shape index (κ3) is 2.18. The van der Waals surface area contributed by atoms with Crippen LogP contribution in [0.3, 0.4) is 0 Å². The van der Waals surface area contributed by atoms with Crippen LogP contribution in [0.4, 0.5) is 0 Å². The van der Waals surface area contributed by atoms with Gasteiger partial charge in [-0.1, -0.05) is 32.0 Å². The van der Waals surface area contributed by atoms with Crippen LogP contribution in [0.1, 0.15) is 58.9 Å². The highest BCUT2D eigenvalue weighted by atomic mass is 16.2. The number of fused-ring (bicyclic) bond motifs is 3. The maximum absolute atomic E-state index is 13.5. The molecule has 0 N–H and O–H groups in total. The number of imide groups is 1. The quantitative estimate of drug-likeness (QED) is 0.778. The maximum Gasteiger partial charge on any atom is 0.261 e. The average Bonchev–Trinajstić information content (AvgIpc) is 2.66. The van der Waals surface area contributed by atoms with Crippen LogP contribution in [0.5, 0.6) is 0 Å². The van der Waals surface area contributed by atoms with Crippen molar-refractivity contribution in [3.8, 4) is 0 Å². The predicted molar refractivity (Wildman–Crippen MR) is 101 cm³/mol. The zero-order chi connectivity index (χ0) is 18.0. The highest BCUT2D eigenvalue weighted by Gasteiger charge is 2.45. The predicted octanol–water partition coefficient (Wildman–Crippen LogP) is 3.65. The molecule has 3 saturated heterocycles. The minimum atomic E-state index is -0.107.